The molecule has 0 aliphatic carbocycles. The number of nitro benzene ring substituents is 1. The molecule has 0 bridgehead atoms. The highest BCUT2D eigenvalue weighted by atomic mass is 35.5. The maximum atomic E-state index is 10.5. The molecule has 0 saturated heterocycles. The Hall–Kier alpha value is -1.81. The Morgan fingerprint density at radius 1 is 1.31 bits per heavy atom. The van der Waals surface area contributed by atoms with Crippen LogP contribution in [-0.4, -0.2) is 4.92 Å². The number of non-ortho nitro benzene ring substituents is 1. The van der Waals surface area contributed by atoms with Crippen LogP contribution < -0.4 is 0 Å². The van der Waals surface area contributed by atoms with E-state index in [0.29, 0.717) is 16.3 Å². The molecule has 0 radical (unpaired) electrons. The zero-order valence-corrected chi connectivity index (χ0v) is 9.19. The normalized spacial score (nSPS) is 10.4. The lowest BCUT2D eigenvalue weighted by Gasteiger charge is -2.00. The molecular formula is C11H8ClNO3. The molecule has 0 atom stereocenters. The molecule has 1 aromatic heterocycles. The van der Waals surface area contributed by atoms with Gasteiger partial charge >= 0.3 is 0 Å². The molecule has 4 nitrogen and oxygen atoms in total. The van der Waals surface area contributed by atoms with Crippen LogP contribution in [0.3, 0.4) is 0 Å². The van der Waals surface area contributed by atoms with Crippen LogP contribution in [0.5, 0.6) is 0 Å². The number of hydrogen-bond donors (Lipinski definition) is 0. The van der Waals surface area contributed by atoms with Gasteiger partial charge in [-0.25, -0.2) is 0 Å². The van der Waals surface area contributed by atoms with E-state index in [4.69, 9.17) is 16.0 Å². The van der Waals surface area contributed by atoms with Gasteiger partial charge in [-0.1, -0.05) is 11.6 Å². The maximum Gasteiger partial charge on any atom is 0.270 e. The summed E-state index contributed by atoms with van der Waals surface area (Å²) >= 11 is 5.95. The fourth-order valence-electron chi connectivity index (χ4n) is 1.40. The molecule has 0 unspecified atom stereocenters. The zero-order chi connectivity index (χ0) is 11.7. The zero-order valence-electron chi connectivity index (χ0n) is 8.44. The summed E-state index contributed by atoms with van der Waals surface area (Å²) in [6.45, 7) is 1.82. The summed E-state index contributed by atoms with van der Waals surface area (Å²) in [5, 5.41) is 10.8. The molecule has 0 fully saturated rings. The minimum absolute atomic E-state index is 0.0305. The molecule has 0 amide bonds. The second kappa shape index (κ2) is 3.98. The van der Waals surface area contributed by atoms with E-state index < -0.39 is 4.92 Å². The number of aryl methyl sites for hydroxylation is 1. The molecule has 0 saturated carbocycles. The van der Waals surface area contributed by atoms with Crippen LogP contribution in [0.4, 0.5) is 5.69 Å². The van der Waals surface area contributed by atoms with Crippen molar-refractivity contribution < 1.29 is 9.34 Å². The van der Waals surface area contributed by atoms with Gasteiger partial charge in [0.2, 0.25) is 0 Å². The van der Waals surface area contributed by atoms with Crippen molar-refractivity contribution in [1.29, 1.82) is 0 Å². The van der Waals surface area contributed by atoms with E-state index in [0.717, 1.165) is 5.76 Å². The van der Waals surface area contributed by atoms with E-state index in [1.807, 2.05) is 13.0 Å². The van der Waals surface area contributed by atoms with Gasteiger partial charge in [0, 0.05) is 17.7 Å². The molecule has 2 aromatic rings. The average molecular weight is 238 g/mol. The van der Waals surface area contributed by atoms with Crippen molar-refractivity contribution in [2.75, 3.05) is 0 Å². The predicted octanol–water partition coefficient (Wildman–Crippen LogP) is 3.82. The van der Waals surface area contributed by atoms with E-state index in [9.17, 15) is 10.1 Å². The van der Waals surface area contributed by atoms with Crippen molar-refractivity contribution in [3.8, 4) is 11.3 Å². The fraction of sp³-hybridized carbons (Fsp3) is 0.0909. The first kappa shape index (κ1) is 10.7. The third-order valence-electron chi connectivity index (χ3n) is 2.17. The summed E-state index contributed by atoms with van der Waals surface area (Å²) in [6, 6.07) is 7.89. The average Bonchev–Trinajstić information content (AvgIpc) is 2.64. The van der Waals surface area contributed by atoms with Gasteiger partial charge < -0.3 is 4.42 Å². The minimum Gasteiger partial charge on any atom is -0.461 e. The number of rotatable bonds is 2. The van der Waals surface area contributed by atoms with Gasteiger partial charge in [-0.05, 0) is 25.1 Å². The molecule has 0 aliphatic rings. The highest BCUT2D eigenvalue weighted by Crippen LogP contribution is 2.31. The molecule has 0 aliphatic heterocycles. The Morgan fingerprint density at radius 3 is 2.56 bits per heavy atom. The van der Waals surface area contributed by atoms with E-state index in [-0.39, 0.29) is 5.69 Å². The third-order valence-corrected chi connectivity index (χ3v) is 2.48. The fourth-order valence-corrected chi connectivity index (χ4v) is 1.66. The van der Waals surface area contributed by atoms with Crippen LogP contribution in [-0.2, 0) is 0 Å². The highest BCUT2D eigenvalue weighted by molar-refractivity contribution is 6.33. The van der Waals surface area contributed by atoms with Crippen LogP contribution in [0.25, 0.3) is 11.3 Å². The van der Waals surface area contributed by atoms with Gasteiger partial charge in [0.1, 0.15) is 11.5 Å². The molecule has 0 spiro atoms. The molecule has 82 valence electrons. The molecular weight excluding hydrogens is 230 g/mol. The quantitative estimate of drug-likeness (QED) is 0.589. The van der Waals surface area contributed by atoms with E-state index in [1.165, 1.54) is 12.1 Å². The molecule has 16 heavy (non-hydrogen) atoms. The van der Waals surface area contributed by atoms with Crippen molar-refractivity contribution in [3.63, 3.8) is 0 Å². The van der Waals surface area contributed by atoms with Crippen LogP contribution in [0, 0.1) is 17.0 Å². The maximum absolute atomic E-state index is 10.5. The smallest absolute Gasteiger partial charge is 0.270 e. The molecule has 0 N–H and O–H groups in total. The Bertz CT molecular complexity index is 548. The number of nitro groups is 1. The van der Waals surface area contributed by atoms with Crippen LogP contribution >= 0.6 is 11.6 Å². The number of halogens is 1. The van der Waals surface area contributed by atoms with Crippen molar-refractivity contribution in [2.24, 2.45) is 0 Å². The molecule has 1 aromatic carbocycles. The topological polar surface area (TPSA) is 56.3 Å². The van der Waals surface area contributed by atoms with Gasteiger partial charge in [0.05, 0.1) is 9.95 Å². The summed E-state index contributed by atoms with van der Waals surface area (Å²) in [7, 11) is 0. The van der Waals surface area contributed by atoms with E-state index >= 15 is 0 Å². The highest BCUT2D eigenvalue weighted by Gasteiger charge is 2.12. The number of furan rings is 1. The van der Waals surface area contributed by atoms with Gasteiger partial charge in [-0.2, -0.15) is 0 Å². The third kappa shape index (κ3) is 1.92. The lowest BCUT2D eigenvalue weighted by atomic mass is 10.1. The second-order valence-electron chi connectivity index (χ2n) is 3.33. The molecule has 5 heteroatoms. The first-order valence-electron chi connectivity index (χ1n) is 4.58. The monoisotopic (exact) mass is 237 g/mol. The summed E-state index contributed by atoms with van der Waals surface area (Å²) in [5.41, 5.74) is 0.623. The van der Waals surface area contributed by atoms with Crippen LogP contribution in [0.1, 0.15) is 5.76 Å². The largest absolute Gasteiger partial charge is 0.461 e. The number of benzene rings is 1. The van der Waals surface area contributed by atoms with Gasteiger partial charge in [0.15, 0.2) is 0 Å². The Kier molecular flexibility index (Phi) is 2.66. The SMILES string of the molecule is Cc1ccc(-c2ccc([N+](=O)[O-])cc2Cl)o1. The Balaban J connectivity index is 2.47. The van der Waals surface area contributed by atoms with Crippen molar-refractivity contribution in [1.82, 2.24) is 0 Å². The van der Waals surface area contributed by atoms with Crippen molar-refractivity contribution >= 4 is 17.3 Å². The number of hydrogen-bond acceptors (Lipinski definition) is 3. The summed E-state index contributed by atoms with van der Waals surface area (Å²) < 4.78 is 5.40. The standard InChI is InChI=1S/C11H8ClNO3/c1-7-2-5-11(16-7)9-4-3-8(13(14)15)6-10(9)12/h2-6H,1H3. The van der Waals surface area contributed by atoms with Gasteiger partial charge in [0.25, 0.3) is 5.69 Å². The molecule has 1 heterocycles. The van der Waals surface area contributed by atoms with E-state index in [2.05, 4.69) is 0 Å². The van der Waals surface area contributed by atoms with Crippen molar-refractivity contribution in [3.05, 3.63) is 51.2 Å². The minimum atomic E-state index is -0.483. The second-order valence-corrected chi connectivity index (χ2v) is 3.74. The van der Waals surface area contributed by atoms with Crippen LogP contribution in [0.2, 0.25) is 5.02 Å². The van der Waals surface area contributed by atoms with Gasteiger partial charge in [-0.3, -0.25) is 10.1 Å². The summed E-state index contributed by atoms with van der Waals surface area (Å²) in [4.78, 5) is 10.0. The lowest BCUT2D eigenvalue weighted by molar-refractivity contribution is -0.384. The van der Waals surface area contributed by atoms with Crippen LogP contribution in [0.15, 0.2) is 34.7 Å². The first-order chi connectivity index (χ1) is 7.58. The lowest BCUT2D eigenvalue weighted by Crippen LogP contribution is -1.88. The summed E-state index contributed by atoms with van der Waals surface area (Å²) in [6.07, 6.45) is 0. The predicted molar refractivity (Wildman–Crippen MR) is 60.5 cm³/mol. The Morgan fingerprint density at radius 2 is 2.06 bits per heavy atom. The summed E-state index contributed by atoms with van der Waals surface area (Å²) in [5.74, 6) is 1.38. The van der Waals surface area contributed by atoms with Crippen molar-refractivity contribution in [2.45, 2.75) is 6.92 Å². The van der Waals surface area contributed by atoms with Gasteiger partial charge in [-0.15, -0.1) is 0 Å². The first-order valence-corrected chi connectivity index (χ1v) is 4.96. The number of nitrogens with zero attached hydrogens (tertiary/aromatic N) is 1. The molecule has 2 rings (SSSR count). The Labute approximate surface area is 96.6 Å². The van der Waals surface area contributed by atoms with E-state index in [1.54, 1.807) is 12.1 Å².